The maximum absolute atomic E-state index is 12.2. The van der Waals surface area contributed by atoms with E-state index in [2.05, 4.69) is 10.3 Å². The number of amides is 1. The topological polar surface area (TPSA) is 46.9 Å². The summed E-state index contributed by atoms with van der Waals surface area (Å²) in [6.45, 7) is 0.563. The number of thiophene rings is 1. The molecule has 0 aromatic carbocycles. The van der Waals surface area contributed by atoms with Gasteiger partial charge in [-0.2, -0.15) is 0 Å². The molecular formula is C14H13N3OS. The number of carbonyl (C=O) groups excluding carboxylic acids is 1. The smallest absolute Gasteiger partial charge is 0.253 e. The van der Waals surface area contributed by atoms with Crippen LogP contribution in [0.5, 0.6) is 0 Å². The molecule has 0 saturated carbocycles. The summed E-state index contributed by atoms with van der Waals surface area (Å²) < 4.78 is 1.87. The van der Waals surface area contributed by atoms with Crippen LogP contribution in [0.25, 0.3) is 11.0 Å². The lowest BCUT2D eigenvalue weighted by Crippen LogP contribution is -2.22. The van der Waals surface area contributed by atoms with Crippen LogP contribution in [0.2, 0.25) is 0 Å². The number of fused-ring (bicyclic) bond motifs is 1. The number of nitrogens with one attached hydrogen (secondary N) is 1. The van der Waals surface area contributed by atoms with Crippen molar-refractivity contribution in [3.05, 3.63) is 52.5 Å². The zero-order valence-corrected chi connectivity index (χ0v) is 11.3. The van der Waals surface area contributed by atoms with Crippen LogP contribution < -0.4 is 5.32 Å². The number of carbonyl (C=O) groups is 1. The van der Waals surface area contributed by atoms with Crippen molar-refractivity contribution in [1.29, 1.82) is 0 Å². The summed E-state index contributed by atoms with van der Waals surface area (Å²) in [5.41, 5.74) is 1.49. The van der Waals surface area contributed by atoms with Gasteiger partial charge in [0.15, 0.2) is 0 Å². The van der Waals surface area contributed by atoms with E-state index in [1.165, 1.54) is 0 Å². The second-order valence-electron chi connectivity index (χ2n) is 4.29. The van der Waals surface area contributed by atoms with Gasteiger partial charge in [-0.3, -0.25) is 4.79 Å². The lowest BCUT2D eigenvalue weighted by Gasteiger charge is -2.02. The Morgan fingerprint density at radius 3 is 3.11 bits per heavy atom. The molecule has 3 rings (SSSR count). The molecule has 19 heavy (non-hydrogen) atoms. The Kier molecular flexibility index (Phi) is 3.05. The highest BCUT2D eigenvalue weighted by atomic mass is 32.1. The van der Waals surface area contributed by atoms with E-state index in [1.807, 2.05) is 47.5 Å². The van der Waals surface area contributed by atoms with Gasteiger partial charge in [-0.1, -0.05) is 6.07 Å². The first kappa shape index (κ1) is 11.9. The third-order valence-corrected chi connectivity index (χ3v) is 3.86. The van der Waals surface area contributed by atoms with Crippen LogP contribution in [0.4, 0.5) is 0 Å². The third kappa shape index (κ3) is 2.24. The Hall–Kier alpha value is -2.14. The zero-order chi connectivity index (χ0) is 13.2. The van der Waals surface area contributed by atoms with Crippen molar-refractivity contribution in [2.45, 2.75) is 6.54 Å². The third-order valence-electron chi connectivity index (χ3n) is 2.98. The van der Waals surface area contributed by atoms with E-state index < -0.39 is 0 Å². The minimum atomic E-state index is -0.0630. The van der Waals surface area contributed by atoms with Gasteiger partial charge in [0.1, 0.15) is 5.65 Å². The lowest BCUT2D eigenvalue weighted by atomic mass is 10.2. The highest BCUT2D eigenvalue weighted by Crippen LogP contribution is 2.18. The fourth-order valence-electron chi connectivity index (χ4n) is 2.07. The maximum atomic E-state index is 12.2. The van der Waals surface area contributed by atoms with Crippen molar-refractivity contribution >= 4 is 28.3 Å². The molecule has 5 heteroatoms. The molecule has 1 amide bonds. The molecule has 0 unspecified atom stereocenters. The van der Waals surface area contributed by atoms with Crippen molar-refractivity contribution in [1.82, 2.24) is 14.9 Å². The molecule has 0 aliphatic carbocycles. The molecule has 0 atom stereocenters. The molecule has 3 heterocycles. The van der Waals surface area contributed by atoms with Crippen molar-refractivity contribution in [2.75, 3.05) is 0 Å². The van der Waals surface area contributed by atoms with Crippen LogP contribution in [0.3, 0.4) is 0 Å². The van der Waals surface area contributed by atoms with E-state index in [-0.39, 0.29) is 5.91 Å². The first-order valence-corrected chi connectivity index (χ1v) is 6.84. The fraction of sp³-hybridized carbons (Fsp3) is 0.143. The SMILES string of the molecule is Cn1cc(C(=O)NCc2cccs2)c2cccnc21. The van der Waals surface area contributed by atoms with Crippen LogP contribution in [0.15, 0.2) is 42.0 Å². The van der Waals surface area contributed by atoms with Crippen molar-refractivity contribution in [2.24, 2.45) is 7.05 Å². The average molecular weight is 271 g/mol. The molecule has 0 spiro atoms. The Morgan fingerprint density at radius 1 is 1.42 bits per heavy atom. The second-order valence-corrected chi connectivity index (χ2v) is 5.32. The van der Waals surface area contributed by atoms with Crippen molar-refractivity contribution in [3.8, 4) is 0 Å². The normalized spacial score (nSPS) is 10.8. The van der Waals surface area contributed by atoms with Gasteiger partial charge in [-0.05, 0) is 23.6 Å². The van der Waals surface area contributed by atoms with Gasteiger partial charge in [0, 0.05) is 29.7 Å². The number of nitrogens with zero attached hydrogens (tertiary/aromatic N) is 2. The summed E-state index contributed by atoms with van der Waals surface area (Å²) in [5, 5.41) is 5.82. The Morgan fingerprint density at radius 2 is 2.32 bits per heavy atom. The molecule has 3 aromatic heterocycles. The number of hydrogen-bond donors (Lipinski definition) is 1. The highest BCUT2D eigenvalue weighted by molar-refractivity contribution is 7.09. The number of pyridine rings is 1. The van der Waals surface area contributed by atoms with Gasteiger partial charge in [0.25, 0.3) is 5.91 Å². The standard InChI is InChI=1S/C14H13N3OS/c1-17-9-12(11-5-2-6-15-13(11)17)14(18)16-8-10-4-3-7-19-10/h2-7,9H,8H2,1H3,(H,16,18). The largest absolute Gasteiger partial charge is 0.347 e. The first-order chi connectivity index (χ1) is 9.25. The Balaban J connectivity index is 1.85. The summed E-state index contributed by atoms with van der Waals surface area (Å²) in [5.74, 6) is -0.0630. The predicted molar refractivity (Wildman–Crippen MR) is 76.2 cm³/mol. The summed E-state index contributed by atoms with van der Waals surface area (Å²) in [7, 11) is 1.89. The summed E-state index contributed by atoms with van der Waals surface area (Å²) in [6, 6.07) is 7.75. The molecule has 0 fully saturated rings. The molecule has 1 N–H and O–H groups in total. The average Bonchev–Trinajstić information content (AvgIpc) is 3.05. The fourth-order valence-corrected chi connectivity index (χ4v) is 2.71. The van der Waals surface area contributed by atoms with E-state index in [4.69, 9.17) is 0 Å². The number of aryl methyl sites for hydroxylation is 1. The zero-order valence-electron chi connectivity index (χ0n) is 10.5. The number of rotatable bonds is 3. The van der Waals surface area contributed by atoms with Crippen molar-refractivity contribution < 1.29 is 4.79 Å². The predicted octanol–water partition coefficient (Wildman–Crippen LogP) is 2.56. The molecule has 0 aliphatic heterocycles. The first-order valence-electron chi connectivity index (χ1n) is 5.96. The molecule has 0 bridgehead atoms. The van der Waals surface area contributed by atoms with Crippen LogP contribution >= 0.6 is 11.3 Å². The molecule has 96 valence electrons. The Bertz CT molecular complexity index is 715. The number of aromatic nitrogens is 2. The molecule has 4 nitrogen and oxygen atoms in total. The van der Waals surface area contributed by atoms with E-state index in [1.54, 1.807) is 17.5 Å². The van der Waals surface area contributed by atoms with E-state index in [0.29, 0.717) is 12.1 Å². The molecular weight excluding hydrogens is 258 g/mol. The van der Waals surface area contributed by atoms with E-state index in [0.717, 1.165) is 15.9 Å². The minimum Gasteiger partial charge on any atom is -0.347 e. The quantitative estimate of drug-likeness (QED) is 0.796. The monoisotopic (exact) mass is 271 g/mol. The van der Waals surface area contributed by atoms with Crippen LogP contribution in [0.1, 0.15) is 15.2 Å². The highest BCUT2D eigenvalue weighted by Gasteiger charge is 2.13. The van der Waals surface area contributed by atoms with E-state index in [9.17, 15) is 4.79 Å². The van der Waals surface area contributed by atoms with Gasteiger partial charge in [0.2, 0.25) is 0 Å². The van der Waals surface area contributed by atoms with Crippen LogP contribution in [-0.4, -0.2) is 15.5 Å². The maximum Gasteiger partial charge on any atom is 0.253 e. The van der Waals surface area contributed by atoms with Crippen molar-refractivity contribution in [3.63, 3.8) is 0 Å². The van der Waals surface area contributed by atoms with Crippen LogP contribution in [0, 0.1) is 0 Å². The summed E-state index contributed by atoms with van der Waals surface area (Å²) >= 11 is 1.64. The van der Waals surface area contributed by atoms with Gasteiger partial charge in [0.05, 0.1) is 12.1 Å². The minimum absolute atomic E-state index is 0.0630. The molecule has 0 aliphatic rings. The van der Waals surface area contributed by atoms with Gasteiger partial charge in [-0.25, -0.2) is 4.98 Å². The van der Waals surface area contributed by atoms with Gasteiger partial charge >= 0.3 is 0 Å². The molecule has 3 aromatic rings. The summed E-state index contributed by atoms with van der Waals surface area (Å²) in [4.78, 5) is 17.6. The van der Waals surface area contributed by atoms with Gasteiger partial charge < -0.3 is 9.88 Å². The van der Waals surface area contributed by atoms with Crippen LogP contribution in [-0.2, 0) is 13.6 Å². The number of hydrogen-bond acceptors (Lipinski definition) is 3. The Labute approximate surface area is 114 Å². The molecule has 0 radical (unpaired) electrons. The lowest BCUT2D eigenvalue weighted by molar-refractivity contribution is 0.0953. The van der Waals surface area contributed by atoms with E-state index >= 15 is 0 Å². The second kappa shape index (κ2) is 4.85. The van der Waals surface area contributed by atoms with Gasteiger partial charge in [-0.15, -0.1) is 11.3 Å². The summed E-state index contributed by atoms with van der Waals surface area (Å²) in [6.07, 6.45) is 3.55. The molecule has 0 saturated heterocycles.